The average molecular weight is 293 g/mol. The maximum Gasteiger partial charge on any atom is 0.363 e. The van der Waals surface area contributed by atoms with E-state index in [9.17, 15) is 0 Å². The molecule has 0 fully saturated rings. The van der Waals surface area contributed by atoms with Crippen LogP contribution in [0.5, 0.6) is 11.5 Å². The lowest BCUT2D eigenvalue weighted by Gasteiger charge is -2.39. The van der Waals surface area contributed by atoms with Crippen molar-refractivity contribution in [3.05, 3.63) is 58.7 Å². The number of benzene rings is 2. The van der Waals surface area contributed by atoms with Crippen LogP contribution in [0.1, 0.15) is 23.6 Å². The molecular weight excluding hydrogens is 274 g/mol. The van der Waals surface area contributed by atoms with Gasteiger partial charge in [0.1, 0.15) is 5.75 Å². The summed E-state index contributed by atoms with van der Waals surface area (Å²) in [6.07, 6.45) is 2.15. The summed E-state index contributed by atoms with van der Waals surface area (Å²) >= 11 is 0. The van der Waals surface area contributed by atoms with Crippen molar-refractivity contribution >= 4 is 11.8 Å². The Kier molecular flexibility index (Phi) is 2.59. The van der Waals surface area contributed by atoms with Crippen LogP contribution in [0.15, 0.2) is 42.0 Å². The SMILES string of the molecule is CC1=Cc2cc(C)ccc2OC12Oc1cc(C)ccc1N2C. The molecule has 0 aliphatic carbocycles. The number of rotatable bonds is 0. The highest BCUT2D eigenvalue weighted by Gasteiger charge is 2.50. The van der Waals surface area contributed by atoms with Crippen LogP contribution in [0.4, 0.5) is 5.69 Å². The largest absolute Gasteiger partial charge is 0.431 e. The molecule has 1 spiro atoms. The van der Waals surface area contributed by atoms with Gasteiger partial charge in [-0.25, -0.2) is 0 Å². The zero-order chi connectivity index (χ0) is 15.5. The summed E-state index contributed by atoms with van der Waals surface area (Å²) in [4.78, 5) is 2.07. The molecule has 2 aliphatic rings. The molecule has 0 bridgehead atoms. The zero-order valence-electron chi connectivity index (χ0n) is 13.3. The maximum absolute atomic E-state index is 6.32. The lowest BCUT2D eigenvalue weighted by Crippen LogP contribution is -2.54. The first kappa shape index (κ1) is 13.3. The van der Waals surface area contributed by atoms with Crippen LogP contribution in [0.3, 0.4) is 0 Å². The summed E-state index contributed by atoms with van der Waals surface area (Å²) in [5.74, 6) is 0.844. The fraction of sp³-hybridized carbons (Fsp3) is 0.263. The second kappa shape index (κ2) is 4.29. The molecule has 1 unspecified atom stereocenters. The number of fused-ring (bicyclic) bond motifs is 2. The number of anilines is 1. The molecule has 2 aromatic carbocycles. The molecule has 4 rings (SSSR count). The molecule has 3 nitrogen and oxygen atoms in total. The Morgan fingerprint density at radius 1 is 0.864 bits per heavy atom. The van der Waals surface area contributed by atoms with E-state index in [1.54, 1.807) is 0 Å². The topological polar surface area (TPSA) is 21.7 Å². The molecule has 0 radical (unpaired) electrons. The van der Waals surface area contributed by atoms with E-state index in [1.165, 1.54) is 11.1 Å². The van der Waals surface area contributed by atoms with Gasteiger partial charge in [-0.1, -0.05) is 17.7 Å². The van der Waals surface area contributed by atoms with Gasteiger partial charge in [-0.15, -0.1) is 0 Å². The molecule has 0 amide bonds. The van der Waals surface area contributed by atoms with Gasteiger partial charge >= 0.3 is 5.91 Å². The minimum Gasteiger partial charge on any atom is -0.431 e. The molecule has 0 N–H and O–H groups in total. The van der Waals surface area contributed by atoms with Gasteiger partial charge in [0.2, 0.25) is 0 Å². The Morgan fingerprint density at radius 2 is 1.55 bits per heavy atom. The van der Waals surface area contributed by atoms with Crippen molar-refractivity contribution in [2.75, 3.05) is 11.9 Å². The molecule has 0 saturated heterocycles. The minimum atomic E-state index is -0.877. The van der Waals surface area contributed by atoms with E-state index in [0.29, 0.717) is 0 Å². The standard InChI is InChI=1S/C19H19NO2/c1-12-6-8-17-15(9-12)11-14(3)19(21-17)20(4)16-7-5-13(2)10-18(16)22-19/h5-11H,1-4H3. The Balaban J connectivity index is 1.83. The quantitative estimate of drug-likeness (QED) is 0.723. The lowest BCUT2D eigenvalue weighted by atomic mass is 10.0. The fourth-order valence-electron chi connectivity index (χ4n) is 3.22. The average Bonchev–Trinajstić information content (AvgIpc) is 2.74. The van der Waals surface area contributed by atoms with Crippen molar-refractivity contribution in [2.24, 2.45) is 0 Å². The Hall–Kier alpha value is -2.42. The van der Waals surface area contributed by atoms with Crippen molar-refractivity contribution in [1.82, 2.24) is 0 Å². The summed E-state index contributed by atoms with van der Waals surface area (Å²) in [5, 5.41) is 0. The van der Waals surface area contributed by atoms with Gasteiger partial charge < -0.3 is 9.47 Å². The second-order valence-electron chi connectivity index (χ2n) is 6.18. The predicted molar refractivity (Wildman–Crippen MR) is 88.4 cm³/mol. The number of hydrogen-bond acceptors (Lipinski definition) is 3. The van der Waals surface area contributed by atoms with Crippen LogP contribution < -0.4 is 14.4 Å². The second-order valence-corrected chi connectivity index (χ2v) is 6.18. The molecule has 1 atom stereocenters. The molecule has 0 aromatic heterocycles. The van der Waals surface area contributed by atoms with Crippen LogP contribution >= 0.6 is 0 Å². The van der Waals surface area contributed by atoms with E-state index >= 15 is 0 Å². The normalized spacial score (nSPS) is 21.8. The van der Waals surface area contributed by atoms with E-state index in [1.807, 2.05) is 13.1 Å². The predicted octanol–water partition coefficient (Wildman–Crippen LogP) is 4.28. The Morgan fingerprint density at radius 3 is 2.36 bits per heavy atom. The van der Waals surface area contributed by atoms with Crippen LogP contribution in [0.2, 0.25) is 0 Å². The van der Waals surface area contributed by atoms with Gasteiger partial charge in [0, 0.05) is 18.2 Å². The highest BCUT2D eigenvalue weighted by Crippen LogP contribution is 2.48. The van der Waals surface area contributed by atoms with Crippen LogP contribution in [0.25, 0.3) is 6.08 Å². The van der Waals surface area contributed by atoms with Gasteiger partial charge in [-0.2, -0.15) is 0 Å². The van der Waals surface area contributed by atoms with Gasteiger partial charge in [0.15, 0.2) is 5.75 Å². The first-order valence-corrected chi connectivity index (χ1v) is 7.51. The molecule has 3 heteroatoms. The van der Waals surface area contributed by atoms with E-state index < -0.39 is 5.91 Å². The third-order valence-electron chi connectivity index (χ3n) is 4.45. The van der Waals surface area contributed by atoms with E-state index in [4.69, 9.17) is 9.47 Å². The smallest absolute Gasteiger partial charge is 0.363 e. The van der Waals surface area contributed by atoms with Crippen molar-refractivity contribution in [1.29, 1.82) is 0 Å². The summed E-state index contributed by atoms with van der Waals surface area (Å²) in [7, 11) is 2.01. The third-order valence-corrected chi connectivity index (χ3v) is 4.45. The Labute approximate surface area is 130 Å². The molecule has 2 heterocycles. The number of aryl methyl sites for hydroxylation is 2. The summed E-state index contributed by atoms with van der Waals surface area (Å²) < 4.78 is 12.6. The van der Waals surface area contributed by atoms with E-state index in [2.05, 4.69) is 62.1 Å². The monoisotopic (exact) mass is 293 g/mol. The highest BCUT2D eigenvalue weighted by molar-refractivity contribution is 5.71. The first-order chi connectivity index (χ1) is 10.5. The molecule has 2 aliphatic heterocycles. The number of nitrogens with zero attached hydrogens (tertiary/aromatic N) is 1. The van der Waals surface area contributed by atoms with Gasteiger partial charge in [0.25, 0.3) is 0 Å². The maximum atomic E-state index is 6.32. The fourth-order valence-corrected chi connectivity index (χ4v) is 3.22. The van der Waals surface area contributed by atoms with Gasteiger partial charge in [-0.05, 0) is 56.7 Å². The lowest BCUT2D eigenvalue weighted by molar-refractivity contribution is -0.0655. The van der Waals surface area contributed by atoms with Crippen LogP contribution in [0, 0.1) is 13.8 Å². The number of likely N-dealkylation sites (N-methyl/N-ethyl adjacent to an activating group) is 1. The highest BCUT2D eigenvalue weighted by atomic mass is 16.7. The summed E-state index contributed by atoms with van der Waals surface area (Å²) in [6, 6.07) is 12.4. The Bertz CT molecular complexity index is 809. The molecular formula is C19H19NO2. The number of ether oxygens (including phenoxy) is 2. The molecule has 22 heavy (non-hydrogen) atoms. The third kappa shape index (κ3) is 1.68. The molecule has 112 valence electrons. The summed E-state index contributed by atoms with van der Waals surface area (Å²) in [5.41, 5.74) is 5.60. The van der Waals surface area contributed by atoms with E-state index in [0.717, 1.165) is 28.3 Å². The van der Waals surface area contributed by atoms with Gasteiger partial charge in [-0.3, -0.25) is 4.90 Å². The van der Waals surface area contributed by atoms with Crippen molar-refractivity contribution in [2.45, 2.75) is 26.7 Å². The van der Waals surface area contributed by atoms with Crippen molar-refractivity contribution in [3.8, 4) is 11.5 Å². The van der Waals surface area contributed by atoms with Crippen LogP contribution in [-0.4, -0.2) is 13.0 Å². The summed E-state index contributed by atoms with van der Waals surface area (Å²) in [6.45, 7) is 6.21. The van der Waals surface area contributed by atoms with Crippen LogP contribution in [-0.2, 0) is 0 Å². The first-order valence-electron chi connectivity index (χ1n) is 7.51. The number of hydrogen-bond donors (Lipinski definition) is 0. The molecule has 2 aromatic rings. The van der Waals surface area contributed by atoms with Crippen molar-refractivity contribution in [3.63, 3.8) is 0 Å². The minimum absolute atomic E-state index is 0.854. The van der Waals surface area contributed by atoms with Gasteiger partial charge in [0.05, 0.1) is 5.69 Å². The van der Waals surface area contributed by atoms with Crippen molar-refractivity contribution < 1.29 is 9.47 Å². The molecule has 0 saturated carbocycles. The zero-order valence-corrected chi connectivity index (χ0v) is 13.3. The van der Waals surface area contributed by atoms with E-state index in [-0.39, 0.29) is 0 Å².